The van der Waals surface area contributed by atoms with E-state index < -0.39 is 0 Å². The van der Waals surface area contributed by atoms with E-state index in [2.05, 4.69) is 6.07 Å². The number of hydrogen-bond donors (Lipinski definition) is 0. The van der Waals surface area contributed by atoms with Crippen molar-refractivity contribution in [3.63, 3.8) is 0 Å². The summed E-state index contributed by atoms with van der Waals surface area (Å²) in [5, 5.41) is 9.46. The maximum atomic E-state index is 13.7. The van der Waals surface area contributed by atoms with Gasteiger partial charge in [-0.15, -0.1) is 0 Å². The van der Waals surface area contributed by atoms with Crippen molar-refractivity contribution in [3.8, 4) is 6.07 Å². The third kappa shape index (κ3) is 2.86. The zero-order chi connectivity index (χ0) is 13.8. The minimum Gasteiger partial charge on any atom is -0.369 e. The lowest BCUT2D eigenvalue weighted by molar-refractivity contribution is 0.608. The van der Waals surface area contributed by atoms with Gasteiger partial charge < -0.3 is 4.90 Å². The molecule has 0 bridgehead atoms. The first-order chi connectivity index (χ1) is 9.13. The van der Waals surface area contributed by atoms with Crippen molar-refractivity contribution in [1.29, 1.82) is 5.26 Å². The van der Waals surface area contributed by atoms with Crippen LogP contribution in [-0.2, 0) is 6.54 Å². The fourth-order valence-corrected chi connectivity index (χ4v) is 2.13. The zero-order valence-electron chi connectivity index (χ0n) is 10.4. The quantitative estimate of drug-likeness (QED) is 0.846. The normalized spacial score (nSPS) is 10.0. The van der Waals surface area contributed by atoms with Gasteiger partial charge in [0, 0.05) is 24.2 Å². The number of halogens is 2. The van der Waals surface area contributed by atoms with Crippen LogP contribution in [0.25, 0.3) is 0 Å². The molecule has 0 amide bonds. The van der Waals surface area contributed by atoms with E-state index in [1.54, 1.807) is 31.3 Å². The number of rotatable bonds is 3. The summed E-state index contributed by atoms with van der Waals surface area (Å²) in [6.07, 6.45) is 0. The Labute approximate surface area is 116 Å². The van der Waals surface area contributed by atoms with Crippen molar-refractivity contribution in [2.24, 2.45) is 0 Å². The molecule has 2 rings (SSSR count). The summed E-state index contributed by atoms with van der Waals surface area (Å²) < 4.78 is 13.7. The monoisotopic (exact) mass is 274 g/mol. The Morgan fingerprint density at radius 3 is 2.63 bits per heavy atom. The lowest BCUT2D eigenvalue weighted by Gasteiger charge is -2.21. The van der Waals surface area contributed by atoms with Crippen LogP contribution >= 0.6 is 11.6 Å². The third-order valence-electron chi connectivity index (χ3n) is 2.89. The molecule has 0 saturated carbocycles. The lowest BCUT2D eigenvalue weighted by atomic mass is 10.1. The van der Waals surface area contributed by atoms with Crippen molar-refractivity contribution in [1.82, 2.24) is 0 Å². The van der Waals surface area contributed by atoms with Crippen molar-refractivity contribution in [2.45, 2.75) is 6.54 Å². The van der Waals surface area contributed by atoms with Crippen molar-refractivity contribution in [2.75, 3.05) is 11.9 Å². The van der Waals surface area contributed by atoms with Gasteiger partial charge in [-0.25, -0.2) is 4.39 Å². The molecular weight excluding hydrogens is 263 g/mol. The fraction of sp³-hybridized carbons (Fsp3) is 0.133. The fourth-order valence-electron chi connectivity index (χ4n) is 1.91. The first-order valence-corrected chi connectivity index (χ1v) is 6.14. The van der Waals surface area contributed by atoms with Crippen LogP contribution < -0.4 is 4.90 Å². The van der Waals surface area contributed by atoms with Gasteiger partial charge in [0.25, 0.3) is 0 Å². The first-order valence-electron chi connectivity index (χ1n) is 5.76. The van der Waals surface area contributed by atoms with Crippen LogP contribution in [-0.4, -0.2) is 7.05 Å². The van der Waals surface area contributed by atoms with Crippen molar-refractivity contribution in [3.05, 3.63) is 64.4 Å². The molecule has 19 heavy (non-hydrogen) atoms. The minimum atomic E-state index is -0.339. The lowest BCUT2D eigenvalue weighted by Crippen LogP contribution is -2.18. The molecule has 2 nitrogen and oxygen atoms in total. The van der Waals surface area contributed by atoms with E-state index in [1.165, 1.54) is 6.07 Å². The van der Waals surface area contributed by atoms with Crippen LogP contribution in [0, 0.1) is 17.1 Å². The maximum absolute atomic E-state index is 13.7. The van der Waals surface area contributed by atoms with Gasteiger partial charge in [-0.1, -0.05) is 29.8 Å². The molecule has 0 aromatic heterocycles. The van der Waals surface area contributed by atoms with Crippen LogP contribution in [0.5, 0.6) is 0 Å². The number of nitriles is 1. The average Bonchev–Trinajstić information content (AvgIpc) is 2.42. The number of hydrogen-bond acceptors (Lipinski definition) is 2. The van der Waals surface area contributed by atoms with Crippen molar-refractivity contribution >= 4 is 17.3 Å². The Balaban J connectivity index is 2.32. The van der Waals surface area contributed by atoms with E-state index in [1.807, 2.05) is 17.0 Å². The predicted molar refractivity (Wildman–Crippen MR) is 74.7 cm³/mol. The zero-order valence-corrected chi connectivity index (χ0v) is 11.2. The topological polar surface area (TPSA) is 27.0 Å². The molecule has 0 saturated heterocycles. The Bertz CT molecular complexity index is 614. The molecule has 2 aromatic rings. The molecule has 96 valence electrons. The molecule has 0 fully saturated rings. The highest BCUT2D eigenvalue weighted by Crippen LogP contribution is 2.24. The van der Waals surface area contributed by atoms with Gasteiger partial charge in [-0.05, 0) is 24.3 Å². The number of nitrogens with zero attached hydrogens (tertiary/aromatic N) is 2. The number of benzene rings is 2. The molecule has 0 heterocycles. The van der Waals surface area contributed by atoms with Gasteiger partial charge in [0.1, 0.15) is 11.9 Å². The number of para-hydroxylation sites is 1. The van der Waals surface area contributed by atoms with E-state index in [0.29, 0.717) is 22.7 Å². The predicted octanol–water partition coefficient (Wildman–Crippen LogP) is 3.99. The summed E-state index contributed by atoms with van der Waals surface area (Å²) in [6.45, 7) is 0.310. The molecule has 0 aliphatic carbocycles. The minimum absolute atomic E-state index is 0.310. The highest BCUT2D eigenvalue weighted by molar-refractivity contribution is 6.31. The van der Waals surface area contributed by atoms with Gasteiger partial charge in [0.05, 0.1) is 11.3 Å². The summed E-state index contributed by atoms with van der Waals surface area (Å²) in [5.74, 6) is -0.339. The van der Waals surface area contributed by atoms with Crippen LogP contribution in [0.15, 0.2) is 42.5 Å². The van der Waals surface area contributed by atoms with Crippen LogP contribution in [0.2, 0.25) is 5.02 Å². The SMILES string of the molecule is CN(Cc1c(F)cccc1Cl)c1ccccc1C#N. The van der Waals surface area contributed by atoms with Gasteiger partial charge in [-0.3, -0.25) is 0 Å². The molecular formula is C15H12ClFN2. The Kier molecular flexibility index (Phi) is 4.03. The summed E-state index contributed by atoms with van der Waals surface area (Å²) in [7, 11) is 1.80. The Morgan fingerprint density at radius 2 is 1.95 bits per heavy atom. The summed E-state index contributed by atoms with van der Waals surface area (Å²) in [5.41, 5.74) is 1.74. The maximum Gasteiger partial charge on any atom is 0.129 e. The first kappa shape index (κ1) is 13.4. The molecule has 0 atom stereocenters. The second-order valence-corrected chi connectivity index (χ2v) is 4.59. The third-order valence-corrected chi connectivity index (χ3v) is 3.25. The van der Waals surface area contributed by atoms with E-state index in [-0.39, 0.29) is 5.82 Å². The second-order valence-electron chi connectivity index (χ2n) is 4.19. The Hall–Kier alpha value is -2.05. The molecule has 0 spiro atoms. The molecule has 2 aromatic carbocycles. The molecule has 0 unspecified atom stereocenters. The van der Waals surface area contributed by atoms with Crippen LogP contribution in [0.3, 0.4) is 0 Å². The largest absolute Gasteiger partial charge is 0.369 e. The average molecular weight is 275 g/mol. The number of anilines is 1. The second kappa shape index (κ2) is 5.73. The molecule has 0 N–H and O–H groups in total. The van der Waals surface area contributed by atoms with E-state index in [4.69, 9.17) is 16.9 Å². The van der Waals surface area contributed by atoms with Crippen LogP contribution in [0.1, 0.15) is 11.1 Å². The Morgan fingerprint density at radius 1 is 1.21 bits per heavy atom. The van der Waals surface area contributed by atoms with E-state index in [0.717, 1.165) is 5.69 Å². The highest BCUT2D eigenvalue weighted by Gasteiger charge is 2.12. The summed E-state index contributed by atoms with van der Waals surface area (Å²) in [6, 6.07) is 13.9. The molecule has 0 aliphatic heterocycles. The standard InChI is InChI=1S/C15H12ClFN2/c1-19(15-8-3-2-5-11(15)9-18)10-12-13(16)6-4-7-14(12)17/h2-8H,10H2,1H3. The van der Waals surface area contributed by atoms with Crippen molar-refractivity contribution < 1.29 is 4.39 Å². The van der Waals surface area contributed by atoms with E-state index >= 15 is 0 Å². The van der Waals surface area contributed by atoms with Crippen LogP contribution in [0.4, 0.5) is 10.1 Å². The smallest absolute Gasteiger partial charge is 0.129 e. The van der Waals surface area contributed by atoms with Gasteiger partial charge in [0.15, 0.2) is 0 Å². The summed E-state index contributed by atoms with van der Waals surface area (Å²) in [4.78, 5) is 1.81. The van der Waals surface area contributed by atoms with Gasteiger partial charge in [0.2, 0.25) is 0 Å². The summed E-state index contributed by atoms with van der Waals surface area (Å²) >= 11 is 6.00. The molecule has 0 radical (unpaired) electrons. The highest BCUT2D eigenvalue weighted by atomic mass is 35.5. The van der Waals surface area contributed by atoms with Gasteiger partial charge in [-0.2, -0.15) is 5.26 Å². The molecule has 4 heteroatoms. The van der Waals surface area contributed by atoms with E-state index in [9.17, 15) is 4.39 Å². The molecule has 0 aliphatic rings. The van der Waals surface area contributed by atoms with Gasteiger partial charge >= 0.3 is 0 Å².